The smallest absolute Gasteiger partial charge is 0.337 e. The fourth-order valence-corrected chi connectivity index (χ4v) is 1.11. The normalized spacial score (nSPS) is 8.75. The average molecular weight is 252 g/mol. The van der Waals surface area contributed by atoms with E-state index in [9.17, 15) is 4.79 Å². The van der Waals surface area contributed by atoms with Crippen LogP contribution in [0.4, 0.5) is 5.69 Å². The van der Waals surface area contributed by atoms with Gasteiger partial charge in [-0.1, -0.05) is 15.9 Å². The molecular weight excluding hydrogens is 245 g/mol. The third-order valence-corrected chi connectivity index (χ3v) is 1.74. The van der Waals surface area contributed by atoms with Gasteiger partial charge in [-0.05, 0) is 18.2 Å². The van der Waals surface area contributed by atoms with Gasteiger partial charge in [0, 0.05) is 10.2 Å². The molecule has 0 amide bonds. The molecule has 0 unspecified atom stereocenters. The largest absolute Gasteiger partial charge is 0.478 e. The van der Waals surface area contributed by atoms with Crippen LogP contribution in [0.15, 0.2) is 22.7 Å². The van der Waals surface area contributed by atoms with E-state index in [1.165, 1.54) is 6.07 Å². The molecule has 0 aliphatic rings. The maximum absolute atomic E-state index is 10.4. The van der Waals surface area contributed by atoms with Gasteiger partial charge in [-0.15, -0.1) is 12.4 Å². The molecule has 0 saturated carbocycles. The van der Waals surface area contributed by atoms with Crippen LogP contribution in [0.1, 0.15) is 10.4 Å². The molecule has 5 heteroatoms. The first-order valence-electron chi connectivity index (χ1n) is 2.89. The number of carboxylic acid groups (broad SMARTS) is 1. The fraction of sp³-hybridized carbons (Fsp3) is 0. The topological polar surface area (TPSA) is 63.3 Å². The van der Waals surface area contributed by atoms with Crippen molar-refractivity contribution in [3.05, 3.63) is 28.2 Å². The maximum atomic E-state index is 10.4. The number of hydrogen-bond donors (Lipinski definition) is 2. The highest BCUT2D eigenvalue weighted by Crippen LogP contribution is 2.17. The zero-order chi connectivity index (χ0) is 8.43. The first-order valence-corrected chi connectivity index (χ1v) is 3.69. The molecule has 0 bridgehead atoms. The number of rotatable bonds is 1. The van der Waals surface area contributed by atoms with Crippen LogP contribution in [0.25, 0.3) is 0 Å². The summed E-state index contributed by atoms with van der Waals surface area (Å²) in [6, 6.07) is 4.66. The van der Waals surface area contributed by atoms with Crippen LogP contribution < -0.4 is 5.73 Å². The van der Waals surface area contributed by atoms with Crippen LogP contribution in [-0.4, -0.2) is 11.1 Å². The first-order chi connectivity index (χ1) is 5.11. The molecule has 0 radical (unpaired) electrons. The lowest BCUT2D eigenvalue weighted by molar-refractivity contribution is 0.0698. The van der Waals surface area contributed by atoms with Crippen molar-refractivity contribution < 1.29 is 9.90 Å². The third-order valence-electron chi connectivity index (χ3n) is 1.24. The van der Waals surface area contributed by atoms with Crippen molar-refractivity contribution in [1.29, 1.82) is 0 Å². The first kappa shape index (κ1) is 11.3. The predicted molar refractivity (Wildman–Crippen MR) is 52.8 cm³/mol. The Morgan fingerprint density at radius 1 is 1.50 bits per heavy atom. The summed E-state index contributed by atoms with van der Waals surface area (Å²) in [5.74, 6) is -1.00. The molecule has 0 aliphatic heterocycles. The summed E-state index contributed by atoms with van der Waals surface area (Å²) in [5.41, 5.74) is 5.81. The minimum Gasteiger partial charge on any atom is -0.478 e. The Hall–Kier alpha value is -0.740. The van der Waals surface area contributed by atoms with Gasteiger partial charge in [0.25, 0.3) is 0 Å². The van der Waals surface area contributed by atoms with E-state index >= 15 is 0 Å². The van der Waals surface area contributed by atoms with Crippen LogP contribution in [0.3, 0.4) is 0 Å². The van der Waals surface area contributed by atoms with Crippen LogP contribution >= 0.6 is 28.3 Å². The molecule has 3 nitrogen and oxygen atoms in total. The number of carbonyl (C=O) groups is 1. The fourth-order valence-electron chi connectivity index (χ4n) is 0.728. The zero-order valence-corrected chi connectivity index (χ0v) is 8.35. The summed E-state index contributed by atoms with van der Waals surface area (Å²) in [4.78, 5) is 10.4. The quantitative estimate of drug-likeness (QED) is 0.753. The second-order valence-corrected chi connectivity index (χ2v) is 2.95. The average Bonchev–Trinajstić information content (AvgIpc) is 1.85. The molecule has 0 saturated heterocycles. The SMILES string of the molecule is Cl.Nc1cc(Br)ccc1C(=O)O. The summed E-state index contributed by atoms with van der Waals surface area (Å²) < 4.78 is 0.778. The van der Waals surface area contributed by atoms with E-state index in [0.29, 0.717) is 0 Å². The van der Waals surface area contributed by atoms with Crippen molar-refractivity contribution in [3.63, 3.8) is 0 Å². The lowest BCUT2D eigenvalue weighted by Gasteiger charge is -1.99. The summed E-state index contributed by atoms with van der Waals surface area (Å²) in [7, 11) is 0. The summed E-state index contributed by atoms with van der Waals surface area (Å²) in [5, 5.41) is 8.56. The van der Waals surface area contributed by atoms with Crippen LogP contribution in [-0.2, 0) is 0 Å². The minimum atomic E-state index is -1.00. The van der Waals surface area contributed by atoms with E-state index in [4.69, 9.17) is 10.8 Å². The van der Waals surface area contributed by atoms with Crippen molar-refractivity contribution in [1.82, 2.24) is 0 Å². The number of halogens is 2. The van der Waals surface area contributed by atoms with Gasteiger partial charge in [0.1, 0.15) is 0 Å². The molecule has 0 aliphatic carbocycles. The number of benzene rings is 1. The number of hydrogen-bond acceptors (Lipinski definition) is 2. The summed E-state index contributed by atoms with van der Waals surface area (Å²) in [6.45, 7) is 0. The van der Waals surface area contributed by atoms with Crippen molar-refractivity contribution in [2.24, 2.45) is 0 Å². The highest BCUT2D eigenvalue weighted by molar-refractivity contribution is 9.10. The van der Waals surface area contributed by atoms with Crippen LogP contribution in [0.2, 0.25) is 0 Å². The van der Waals surface area contributed by atoms with Gasteiger partial charge in [0.2, 0.25) is 0 Å². The Morgan fingerprint density at radius 3 is 2.50 bits per heavy atom. The van der Waals surface area contributed by atoms with Crippen LogP contribution in [0.5, 0.6) is 0 Å². The van der Waals surface area contributed by atoms with E-state index in [1.54, 1.807) is 12.1 Å². The third kappa shape index (κ3) is 2.39. The van der Waals surface area contributed by atoms with E-state index < -0.39 is 5.97 Å². The zero-order valence-electron chi connectivity index (χ0n) is 5.95. The molecule has 0 aromatic heterocycles. The Morgan fingerprint density at radius 2 is 2.08 bits per heavy atom. The predicted octanol–water partition coefficient (Wildman–Crippen LogP) is 2.15. The van der Waals surface area contributed by atoms with Gasteiger partial charge in [-0.2, -0.15) is 0 Å². The molecule has 0 atom stereocenters. The number of nitrogens with two attached hydrogens (primary N) is 1. The van der Waals surface area contributed by atoms with Gasteiger partial charge < -0.3 is 10.8 Å². The van der Waals surface area contributed by atoms with Crippen molar-refractivity contribution in [2.75, 3.05) is 5.73 Å². The van der Waals surface area contributed by atoms with Gasteiger partial charge in [-0.25, -0.2) is 4.79 Å². The maximum Gasteiger partial charge on any atom is 0.337 e. The number of anilines is 1. The Labute approximate surface area is 84.1 Å². The molecule has 3 N–H and O–H groups in total. The molecule has 1 rings (SSSR count). The Bertz CT molecular complexity index is 303. The van der Waals surface area contributed by atoms with Gasteiger partial charge in [0.05, 0.1) is 5.56 Å². The second-order valence-electron chi connectivity index (χ2n) is 2.04. The van der Waals surface area contributed by atoms with E-state index in [0.717, 1.165) is 4.47 Å². The van der Waals surface area contributed by atoms with Crippen molar-refractivity contribution in [2.45, 2.75) is 0 Å². The molecular formula is C7H7BrClNO2. The standard InChI is InChI=1S/C7H6BrNO2.ClH/c8-4-1-2-5(7(10)11)6(9)3-4;/h1-3H,9H2,(H,10,11);1H. The Balaban J connectivity index is 0.00000121. The number of carboxylic acids is 1. The lowest BCUT2D eigenvalue weighted by atomic mass is 10.2. The molecule has 1 aromatic rings. The molecule has 1 aromatic carbocycles. The minimum absolute atomic E-state index is 0. The number of aromatic carboxylic acids is 1. The summed E-state index contributed by atoms with van der Waals surface area (Å²) >= 11 is 3.17. The highest BCUT2D eigenvalue weighted by atomic mass is 79.9. The lowest BCUT2D eigenvalue weighted by Crippen LogP contribution is -2.01. The Kier molecular flexibility index (Phi) is 4.06. The van der Waals surface area contributed by atoms with Crippen LogP contribution in [0, 0.1) is 0 Å². The van der Waals surface area contributed by atoms with Gasteiger partial charge in [-0.3, -0.25) is 0 Å². The monoisotopic (exact) mass is 251 g/mol. The molecule has 0 spiro atoms. The van der Waals surface area contributed by atoms with Gasteiger partial charge >= 0.3 is 5.97 Å². The number of nitrogen functional groups attached to an aromatic ring is 1. The van der Waals surface area contributed by atoms with Crippen molar-refractivity contribution >= 4 is 40.0 Å². The van der Waals surface area contributed by atoms with Gasteiger partial charge in [0.15, 0.2) is 0 Å². The molecule has 12 heavy (non-hydrogen) atoms. The second kappa shape index (κ2) is 4.33. The highest BCUT2D eigenvalue weighted by Gasteiger charge is 2.06. The molecule has 0 fully saturated rings. The van der Waals surface area contributed by atoms with Crippen molar-refractivity contribution in [3.8, 4) is 0 Å². The molecule has 66 valence electrons. The van der Waals surface area contributed by atoms with E-state index in [2.05, 4.69) is 15.9 Å². The summed E-state index contributed by atoms with van der Waals surface area (Å²) in [6.07, 6.45) is 0. The van der Waals surface area contributed by atoms with E-state index in [-0.39, 0.29) is 23.7 Å². The van der Waals surface area contributed by atoms with E-state index in [1.807, 2.05) is 0 Å². The molecule has 0 heterocycles.